The molecule has 1 aliphatic carbocycles. The molecule has 3 fully saturated rings. The molecule has 1 N–H and O–H groups in total. The molecule has 6 nitrogen and oxygen atoms in total. The van der Waals surface area contributed by atoms with Crippen molar-refractivity contribution < 1.29 is 9.47 Å². The number of rotatable bonds is 7. The normalized spacial score (nSPS) is 25.2. The van der Waals surface area contributed by atoms with E-state index in [1.165, 1.54) is 38.5 Å². The van der Waals surface area contributed by atoms with Crippen molar-refractivity contribution in [2.24, 2.45) is 4.99 Å². The third kappa shape index (κ3) is 7.61. The summed E-state index contributed by atoms with van der Waals surface area (Å²) in [4.78, 5) is 9.40. The van der Waals surface area contributed by atoms with E-state index in [2.05, 4.69) is 27.2 Å². The highest BCUT2D eigenvalue weighted by atomic mass is 127. The van der Waals surface area contributed by atoms with Crippen molar-refractivity contribution in [2.75, 3.05) is 53.5 Å². The summed E-state index contributed by atoms with van der Waals surface area (Å²) in [6.07, 6.45) is 12.0. The van der Waals surface area contributed by atoms with Crippen molar-refractivity contribution in [3.05, 3.63) is 0 Å². The maximum absolute atomic E-state index is 6.14. The highest BCUT2D eigenvalue weighted by molar-refractivity contribution is 14.0. The van der Waals surface area contributed by atoms with Gasteiger partial charge in [0.15, 0.2) is 5.96 Å². The van der Waals surface area contributed by atoms with Crippen molar-refractivity contribution in [2.45, 2.75) is 76.0 Å². The lowest BCUT2D eigenvalue weighted by molar-refractivity contribution is -0.0721. The van der Waals surface area contributed by atoms with Gasteiger partial charge in [-0.25, -0.2) is 0 Å². The van der Waals surface area contributed by atoms with Gasteiger partial charge in [-0.15, -0.1) is 24.0 Å². The Morgan fingerprint density at radius 2 is 1.82 bits per heavy atom. The molecule has 3 rings (SSSR count). The lowest BCUT2D eigenvalue weighted by atomic mass is 10.1. The number of halogens is 1. The smallest absolute Gasteiger partial charge is 0.193 e. The van der Waals surface area contributed by atoms with Crippen LogP contribution in [0.5, 0.6) is 0 Å². The van der Waals surface area contributed by atoms with E-state index in [-0.39, 0.29) is 24.0 Å². The van der Waals surface area contributed by atoms with Crippen LogP contribution in [0, 0.1) is 0 Å². The molecule has 0 aromatic heterocycles. The molecule has 28 heavy (non-hydrogen) atoms. The fourth-order valence-electron chi connectivity index (χ4n) is 4.62. The Morgan fingerprint density at radius 1 is 1.11 bits per heavy atom. The van der Waals surface area contributed by atoms with Crippen LogP contribution in [0.15, 0.2) is 4.99 Å². The van der Waals surface area contributed by atoms with Crippen LogP contribution >= 0.6 is 24.0 Å². The molecule has 7 heteroatoms. The maximum atomic E-state index is 6.14. The number of hydrogen-bond donors (Lipinski definition) is 1. The summed E-state index contributed by atoms with van der Waals surface area (Å²) in [7, 11) is 4.16. The van der Waals surface area contributed by atoms with Crippen LogP contribution in [0.25, 0.3) is 0 Å². The zero-order valence-corrected chi connectivity index (χ0v) is 20.2. The molecule has 0 spiro atoms. The average Bonchev–Trinajstić information content (AvgIpc) is 3.26. The van der Waals surface area contributed by atoms with Gasteiger partial charge in [0.25, 0.3) is 0 Å². The molecule has 0 bridgehead atoms. The van der Waals surface area contributed by atoms with Gasteiger partial charge < -0.3 is 24.6 Å². The number of guanidine groups is 1. The summed E-state index contributed by atoms with van der Waals surface area (Å²) >= 11 is 0. The lowest BCUT2D eigenvalue weighted by Gasteiger charge is -2.35. The fraction of sp³-hybridized carbons (Fsp3) is 0.952. The van der Waals surface area contributed by atoms with Gasteiger partial charge in [-0.3, -0.25) is 4.99 Å². The Bertz CT molecular complexity index is 446. The molecule has 0 radical (unpaired) electrons. The van der Waals surface area contributed by atoms with E-state index in [4.69, 9.17) is 9.47 Å². The van der Waals surface area contributed by atoms with Gasteiger partial charge in [-0.2, -0.15) is 0 Å². The number of nitrogens with zero attached hydrogens (tertiary/aromatic N) is 3. The molecule has 0 aromatic carbocycles. The van der Waals surface area contributed by atoms with Crippen LogP contribution in [0.2, 0.25) is 0 Å². The van der Waals surface area contributed by atoms with Crippen molar-refractivity contribution in [1.82, 2.24) is 15.1 Å². The summed E-state index contributed by atoms with van der Waals surface area (Å²) < 4.78 is 11.9. The van der Waals surface area contributed by atoms with Crippen LogP contribution in [-0.2, 0) is 9.47 Å². The minimum absolute atomic E-state index is 0. The first kappa shape index (κ1) is 24.2. The molecule has 2 heterocycles. The number of ether oxygens (including phenoxy) is 2. The van der Waals surface area contributed by atoms with Crippen LogP contribution in [-0.4, -0.2) is 87.5 Å². The van der Waals surface area contributed by atoms with Gasteiger partial charge in [0, 0.05) is 45.9 Å². The topological polar surface area (TPSA) is 49.3 Å². The van der Waals surface area contributed by atoms with Crippen molar-refractivity contribution in [3.8, 4) is 0 Å². The second-order valence-corrected chi connectivity index (χ2v) is 8.40. The first-order valence-electron chi connectivity index (χ1n) is 11.2. The summed E-state index contributed by atoms with van der Waals surface area (Å²) in [5, 5.41) is 3.57. The van der Waals surface area contributed by atoms with Crippen molar-refractivity contribution in [3.63, 3.8) is 0 Å². The van der Waals surface area contributed by atoms with E-state index in [1.54, 1.807) is 0 Å². The summed E-state index contributed by atoms with van der Waals surface area (Å²) in [5.74, 6) is 1.05. The number of likely N-dealkylation sites (tertiary alicyclic amines) is 1. The standard InChI is InChI=1S/C21H40N4O2.HI/c1-22-21(23-12-15-24(2)18-7-3-4-8-18)25-13-10-19(11-14-25)27-17-20-9-5-6-16-26-20;/h18-20H,3-17H2,1-2H3,(H,22,23);1H. The first-order valence-corrected chi connectivity index (χ1v) is 11.2. The van der Waals surface area contributed by atoms with E-state index < -0.39 is 0 Å². The molecule has 3 aliphatic rings. The van der Waals surface area contributed by atoms with E-state index in [1.807, 2.05) is 7.05 Å². The van der Waals surface area contributed by atoms with E-state index in [0.29, 0.717) is 12.2 Å². The number of nitrogens with one attached hydrogen (secondary N) is 1. The Hall–Kier alpha value is -0.120. The molecular weight excluding hydrogens is 467 g/mol. The molecule has 0 amide bonds. The van der Waals surface area contributed by atoms with Crippen molar-refractivity contribution in [1.29, 1.82) is 0 Å². The molecule has 2 aliphatic heterocycles. The van der Waals surface area contributed by atoms with Crippen molar-refractivity contribution >= 4 is 29.9 Å². The van der Waals surface area contributed by atoms with E-state index >= 15 is 0 Å². The molecule has 1 saturated carbocycles. The summed E-state index contributed by atoms with van der Waals surface area (Å²) in [5.41, 5.74) is 0. The molecule has 1 atom stereocenters. The number of hydrogen-bond acceptors (Lipinski definition) is 4. The minimum Gasteiger partial charge on any atom is -0.376 e. The maximum Gasteiger partial charge on any atom is 0.193 e. The Labute approximate surface area is 188 Å². The summed E-state index contributed by atoms with van der Waals surface area (Å²) in [6, 6.07) is 0.787. The molecule has 2 saturated heterocycles. The van der Waals surface area contributed by atoms with E-state index in [9.17, 15) is 0 Å². The van der Waals surface area contributed by atoms with Crippen LogP contribution in [0.3, 0.4) is 0 Å². The number of aliphatic imine (C=N–C) groups is 1. The predicted octanol–water partition coefficient (Wildman–Crippen LogP) is 3.10. The summed E-state index contributed by atoms with van der Waals surface area (Å²) in [6.45, 7) is 5.78. The number of piperidine rings is 1. The molecule has 0 aromatic rings. The molecule has 164 valence electrons. The second kappa shape index (κ2) is 13.2. The fourth-order valence-corrected chi connectivity index (χ4v) is 4.62. The quantitative estimate of drug-likeness (QED) is 0.326. The Morgan fingerprint density at radius 3 is 2.46 bits per heavy atom. The Balaban J connectivity index is 0.00000280. The monoisotopic (exact) mass is 508 g/mol. The first-order chi connectivity index (χ1) is 13.3. The Kier molecular flexibility index (Phi) is 11.4. The van der Waals surface area contributed by atoms with Crippen LogP contribution in [0.1, 0.15) is 57.8 Å². The van der Waals surface area contributed by atoms with Gasteiger partial charge in [-0.1, -0.05) is 12.8 Å². The van der Waals surface area contributed by atoms with Crippen LogP contribution < -0.4 is 5.32 Å². The minimum atomic E-state index is 0. The van der Waals surface area contributed by atoms with E-state index in [0.717, 1.165) is 70.7 Å². The largest absolute Gasteiger partial charge is 0.376 e. The molecule has 1 unspecified atom stereocenters. The third-order valence-corrected chi connectivity index (χ3v) is 6.44. The highest BCUT2D eigenvalue weighted by Gasteiger charge is 2.24. The zero-order valence-electron chi connectivity index (χ0n) is 17.9. The second-order valence-electron chi connectivity index (χ2n) is 8.40. The van der Waals surface area contributed by atoms with Gasteiger partial charge >= 0.3 is 0 Å². The van der Waals surface area contributed by atoms with Crippen LogP contribution in [0.4, 0.5) is 0 Å². The predicted molar refractivity (Wildman–Crippen MR) is 126 cm³/mol. The SMILES string of the molecule is CN=C(NCCN(C)C1CCCC1)N1CCC(OCC2CCCCO2)CC1.I. The van der Waals surface area contributed by atoms with Gasteiger partial charge in [-0.05, 0) is 52.0 Å². The third-order valence-electron chi connectivity index (χ3n) is 6.44. The average molecular weight is 508 g/mol. The number of likely N-dealkylation sites (N-methyl/N-ethyl adjacent to an activating group) is 1. The highest BCUT2D eigenvalue weighted by Crippen LogP contribution is 2.22. The lowest BCUT2D eigenvalue weighted by Crippen LogP contribution is -2.49. The van der Waals surface area contributed by atoms with Gasteiger partial charge in [0.1, 0.15) is 0 Å². The van der Waals surface area contributed by atoms with Gasteiger partial charge in [0.2, 0.25) is 0 Å². The van der Waals surface area contributed by atoms with Gasteiger partial charge in [0.05, 0.1) is 18.8 Å². The molecular formula is C21H41IN4O2. The zero-order chi connectivity index (χ0) is 18.9.